The number of H-pyrrole nitrogens is 1. The molecule has 71 heavy (non-hydrogen) atoms. The SMILES string of the molecule is CC(C)c1ccccc1[C@H]1CCCN1C1CC2(CCN(c3ccc(C(=O)NS(=O)(=O)c4cc5c(c([N+](=O)[O-])c4)N[C@@H](C4CCC(C)(O)CC4)CO5)c(Oc4cc5cc[nH]c5nc4OC4CCC4)c3)CC2)C1. The Hall–Kier alpha value is -5.91. The molecule has 11 rings (SSSR count). The molecule has 3 aliphatic carbocycles. The summed E-state index contributed by atoms with van der Waals surface area (Å²) in [6.07, 6.45) is 14.0. The van der Waals surface area contributed by atoms with E-state index in [-0.39, 0.29) is 64.5 Å². The maximum Gasteiger partial charge on any atom is 0.297 e. The lowest BCUT2D eigenvalue weighted by molar-refractivity contribution is -0.384. The van der Waals surface area contributed by atoms with Gasteiger partial charge in [-0.1, -0.05) is 38.1 Å². The second-order valence-electron chi connectivity index (χ2n) is 21.8. The number of fused-ring (bicyclic) bond motifs is 2. The fraction of sp³-hybridized carbons (Fsp3) is 0.519. The van der Waals surface area contributed by atoms with Gasteiger partial charge in [0, 0.05) is 60.6 Å². The number of ether oxygens (including phenoxy) is 3. The normalized spacial score (nSPS) is 24.7. The highest BCUT2D eigenvalue weighted by atomic mass is 32.2. The smallest absolute Gasteiger partial charge is 0.297 e. The van der Waals surface area contributed by atoms with E-state index in [1.54, 1.807) is 24.4 Å². The first kappa shape index (κ1) is 47.4. The van der Waals surface area contributed by atoms with Crippen molar-refractivity contribution in [2.24, 2.45) is 11.3 Å². The molecule has 376 valence electrons. The monoisotopic (exact) mass is 987 g/mol. The molecule has 2 aromatic heterocycles. The van der Waals surface area contributed by atoms with E-state index >= 15 is 0 Å². The topological polar surface area (TPSA) is 201 Å². The van der Waals surface area contributed by atoms with Gasteiger partial charge in [-0.15, -0.1) is 0 Å². The first-order valence-electron chi connectivity index (χ1n) is 25.7. The minimum absolute atomic E-state index is 0.000479. The molecular formula is C54H65N7O9S. The zero-order chi connectivity index (χ0) is 49.2. The maximum absolute atomic E-state index is 14.4. The summed E-state index contributed by atoms with van der Waals surface area (Å²) in [7, 11) is -4.70. The number of rotatable bonds is 13. The predicted molar refractivity (Wildman–Crippen MR) is 270 cm³/mol. The highest BCUT2D eigenvalue weighted by molar-refractivity contribution is 7.90. The van der Waals surface area contributed by atoms with Gasteiger partial charge in [0.15, 0.2) is 17.2 Å². The second kappa shape index (κ2) is 18.6. The molecule has 5 fully saturated rings. The Balaban J connectivity index is 0.837. The summed E-state index contributed by atoms with van der Waals surface area (Å²) in [5, 5.41) is 27.0. The van der Waals surface area contributed by atoms with Crippen LogP contribution in [0, 0.1) is 21.4 Å². The van der Waals surface area contributed by atoms with Gasteiger partial charge in [-0.05, 0) is 150 Å². The van der Waals surface area contributed by atoms with Gasteiger partial charge in [-0.3, -0.25) is 19.8 Å². The Morgan fingerprint density at radius 3 is 2.46 bits per heavy atom. The number of likely N-dealkylation sites (tertiary alicyclic amines) is 1. The van der Waals surface area contributed by atoms with Crippen LogP contribution in [0.2, 0.25) is 0 Å². The van der Waals surface area contributed by atoms with Crippen molar-refractivity contribution in [3.63, 3.8) is 0 Å². The molecule has 2 saturated heterocycles. The average molecular weight is 988 g/mol. The van der Waals surface area contributed by atoms with E-state index in [0.717, 1.165) is 68.9 Å². The third-order valence-corrected chi connectivity index (χ3v) is 18.0. The number of anilines is 2. The van der Waals surface area contributed by atoms with Crippen LogP contribution < -0.4 is 29.1 Å². The number of carbonyl (C=O) groups excluding carboxylic acids is 1. The van der Waals surface area contributed by atoms with E-state index in [4.69, 9.17) is 19.2 Å². The number of piperidine rings is 1. The van der Waals surface area contributed by atoms with Gasteiger partial charge < -0.3 is 34.5 Å². The number of nitrogens with zero attached hydrogens (tertiary/aromatic N) is 4. The molecule has 3 aliphatic heterocycles. The lowest BCUT2D eigenvalue weighted by atomic mass is 9.59. The third-order valence-electron chi connectivity index (χ3n) is 16.7. The van der Waals surface area contributed by atoms with E-state index in [2.05, 4.69) is 62.9 Å². The van der Waals surface area contributed by atoms with Gasteiger partial charge >= 0.3 is 0 Å². The van der Waals surface area contributed by atoms with E-state index in [9.17, 15) is 28.4 Å². The minimum Gasteiger partial charge on any atom is -0.489 e. The number of aliphatic hydroxyl groups is 1. The number of nitro benzene ring substituents is 1. The number of hydrogen-bond acceptors (Lipinski definition) is 13. The van der Waals surface area contributed by atoms with E-state index in [1.807, 2.05) is 19.1 Å². The van der Waals surface area contributed by atoms with Crippen LogP contribution in [0.4, 0.5) is 17.1 Å². The number of amides is 1. The van der Waals surface area contributed by atoms with Crippen molar-refractivity contribution in [2.45, 2.75) is 145 Å². The molecule has 5 aromatic rings. The van der Waals surface area contributed by atoms with Gasteiger partial charge in [0.2, 0.25) is 0 Å². The van der Waals surface area contributed by atoms with Gasteiger partial charge in [0.25, 0.3) is 27.5 Å². The molecule has 4 N–H and O–H groups in total. The molecule has 2 atom stereocenters. The van der Waals surface area contributed by atoms with Crippen molar-refractivity contribution in [1.29, 1.82) is 0 Å². The van der Waals surface area contributed by atoms with Crippen molar-refractivity contribution in [2.75, 3.05) is 36.5 Å². The van der Waals surface area contributed by atoms with Crippen LogP contribution in [0.15, 0.2) is 77.8 Å². The number of sulfonamides is 1. The van der Waals surface area contributed by atoms with Crippen LogP contribution in [0.5, 0.6) is 23.1 Å². The summed E-state index contributed by atoms with van der Waals surface area (Å²) in [6.45, 7) is 9.31. The van der Waals surface area contributed by atoms with Gasteiger partial charge in [-0.25, -0.2) is 13.1 Å². The number of benzene rings is 3. The quantitative estimate of drug-likeness (QED) is 0.0642. The first-order chi connectivity index (χ1) is 34.1. The maximum atomic E-state index is 14.4. The van der Waals surface area contributed by atoms with Gasteiger partial charge in [0.05, 0.1) is 27.0 Å². The lowest BCUT2D eigenvalue weighted by Gasteiger charge is -2.56. The van der Waals surface area contributed by atoms with Crippen LogP contribution in [0.25, 0.3) is 11.0 Å². The zero-order valence-corrected chi connectivity index (χ0v) is 41.6. The fourth-order valence-electron chi connectivity index (χ4n) is 12.3. The van der Waals surface area contributed by atoms with Crippen LogP contribution in [-0.4, -0.2) is 89.3 Å². The summed E-state index contributed by atoms with van der Waals surface area (Å²) >= 11 is 0. The molecule has 17 heteroatoms. The van der Waals surface area contributed by atoms with Crippen LogP contribution in [0.1, 0.15) is 138 Å². The summed E-state index contributed by atoms with van der Waals surface area (Å²) in [5.74, 6) is 0.245. The minimum atomic E-state index is -4.70. The average Bonchev–Trinajstić information content (AvgIpc) is 4.01. The van der Waals surface area contributed by atoms with E-state index in [0.29, 0.717) is 49.3 Å². The number of carbonyl (C=O) groups is 1. The summed E-state index contributed by atoms with van der Waals surface area (Å²) < 4.78 is 49.5. The highest BCUT2D eigenvalue weighted by Crippen LogP contribution is 2.55. The summed E-state index contributed by atoms with van der Waals surface area (Å²) in [4.78, 5) is 38.7. The number of nitrogens with one attached hydrogen (secondary N) is 3. The van der Waals surface area contributed by atoms with Crippen LogP contribution >= 0.6 is 0 Å². The molecule has 3 aromatic carbocycles. The number of hydrogen-bond donors (Lipinski definition) is 4. The molecule has 0 bridgehead atoms. The van der Waals surface area contributed by atoms with Gasteiger partial charge in [-0.2, -0.15) is 4.98 Å². The molecule has 16 nitrogen and oxygen atoms in total. The summed E-state index contributed by atoms with van der Waals surface area (Å²) in [6, 6.07) is 20.8. The molecule has 3 saturated carbocycles. The summed E-state index contributed by atoms with van der Waals surface area (Å²) in [5.41, 5.74) is 3.45. The highest BCUT2D eigenvalue weighted by Gasteiger charge is 2.50. The third kappa shape index (κ3) is 9.40. The van der Waals surface area contributed by atoms with Crippen molar-refractivity contribution in [3.8, 4) is 23.1 Å². The molecule has 6 aliphatic rings. The lowest BCUT2D eigenvalue weighted by Crippen LogP contribution is -2.54. The molecule has 0 unspecified atom stereocenters. The van der Waals surface area contributed by atoms with Crippen molar-refractivity contribution < 1.29 is 37.5 Å². The Labute approximate surface area is 415 Å². The number of aromatic amines is 1. The van der Waals surface area contributed by atoms with Gasteiger partial charge in [0.1, 0.15) is 24.1 Å². The molecular weight excluding hydrogens is 923 g/mol. The predicted octanol–water partition coefficient (Wildman–Crippen LogP) is 10.1. The van der Waals surface area contributed by atoms with E-state index in [1.165, 1.54) is 42.9 Å². The zero-order valence-electron chi connectivity index (χ0n) is 40.8. The number of pyridine rings is 1. The van der Waals surface area contributed by atoms with Crippen LogP contribution in [-0.2, 0) is 10.0 Å². The standard InChI is InChI=1S/C54H65N7O9S/c1-33(2)40-10-4-5-11-41(40)44-12-7-23-60(44)37-30-54(31-37)20-24-59(25-21-54)36-13-14-42(46(27-36)70-48-26-35-17-22-55-50(35)57-52(48)69-38-8-6-9-38)51(62)58-71(66,67)39-28-45(61(64)65)49-47(29-39)68-32-43(56-49)34-15-18-53(3,63)19-16-34/h4-5,10-11,13-14,17,22,26-29,33-34,37-38,43-44,56,63H,6-9,12,15-16,18-21,23-25,30-32H2,1-3H3,(H,55,57)(H,58,62)/t34?,43-,44-,53?/m1/s1. The van der Waals surface area contributed by atoms with Crippen molar-refractivity contribution >= 4 is 44.0 Å². The number of aromatic nitrogens is 2. The Morgan fingerprint density at radius 1 is 0.958 bits per heavy atom. The molecule has 5 heterocycles. The van der Waals surface area contributed by atoms with E-state index < -0.39 is 37.0 Å². The first-order valence-corrected chi connectivity index (χ1v) is 27.2. The second-order valence-corrected chi connectivity index (χ2v) is 23.5. The molecule has 0 radical (unpaired) electrons. The van der Waals surface area contributed by atoms with Crippen molar-refractivity contribution in [3.05, 3.63) is 99.7 Å². The Morgan fingerprint density at radius 2 is 1.73 bits per heavy atom. The Bertz CT molecular complexity index is 2950. The molecule has 1 spiro atoms. The largest absolute Gasteiger partial charge is 0.489 e. The van der Waals surface area contributed by atoms with Crippen LogP contribution in [0.3, 0.4) is 0 Å². The molecule has 1 amide bonds. The Kier molecular flexibility index (Phi) is 12.4. The fourth-order valence-corrected chi connectivity index (χ4v) is 13.3. The number of nitro groups is 1. The van der Waals surface area contributed by atoms with Crippen molar-refractivity contribution in [1.82, 2.24) is 19.6 Å².